The minimum absolute atomic E-state index is 0.234. The summed E-state index contributed by atoms with van der Waals surface area (Å²) in [6.45, 7) is 1.97. The quantitative estimate of drug-likeness (QED) is 0.429. The summed E-state index contributed by atoms with van der Waals surface area (Å²) >= 11 is 0. The maximum absolute atomic E-state index is 13.1. The van der Waals surface area contributed by atoms with Gasteiger partial charge < -0.3 is 5.32 Å². The molecule has 0 spiro atoms. The molecule has 4 rings (SSSR count). The Balaban J connectivity index is 1.91. The summed E-state index contributed by atoms with van der Waals surface area (Å²) in [6.07, 6.45) is 0. The minimum atomic E-state index is -1.20. The standard InChI is InChI=1S/C24H17NO2/c1-17-12-13-21-20(16-17)24(23(27)25-21,19-10-6-3-7-11-19)15-14-22(26)18-8-4-2-5-9-18/h2-13,16H,1H3,(H,25,27)/t24-/m0/s1. The van der Waals surface area contributed by atoms with Crippen LogP contribution in [0.3, 0.4) is 0 Å². The van der Waals surface area contributed by atoms with Gasteiger partial charge in [-0.25, -0.2) is 0 Å². The van der Waals surface area contributed by atoms with Gasteiger partial charge in [-0.3, -0.25) is 9.59 Å². The van der Waals surface area contributed by atoms with Crippen LogP contribution in [-0.2, 0) is 10.2 Å². The molecular formula is C24H17NO2. The molecule has 1 heterocycles. The van der Waals surface area contributed by atoms with Crippen molar-refractivity contribution in [3.8, 4) is 11.8 Å². The number of benzene rings is 3. The van der Waals surface area contributed by atoms with Crippen molar-refractivity contribution in [1.29, 1.82) is 0 Å². The summed E-state index contributed by atoms with van der Waals surface area (Å²) in [7, 11) is 0. The number of ketones is 1. The van der Waals surface area contributed by atoms with Gasteiger partial charge >= 0.3 is 0 Å². The van der Waals surface area contributed by atoms with Gasteiger partial charge in [-0.15, -0.1) is 0 Å². The van der Waals surface area contributed by atoms with Gasteiger partial charge in [-0.2, -0.15) is 0 Å². The molecule has 3 nitrogen and oxygen atoms in total. The minimum Gasteiger partial charge on any atom is -0.324 e. The first-order chi connectivity index (χ1) is 13.1. The van der Waals surface area contributed by atoms with Crippen molar-refractivity contribution in [1.82, 2.24) is 0 Å². The Morgan fingerprint density at radius 3 is 2.30 bits per heavy atom. The zero-order valence-electron chi connectivity index (χ0n) is 14.8. The van der Waals surface area contributed by atoms with E-state index in [0.29, 0.717) is 5.56 Å². The molecule has 0 unspecified atom stereocenters. The molecule has 1 amide bonds. The van der Waals surface area contributed by atoms with Gasteiger partial charge in [-0.1, -0.05) is 84.3 Å². The number of carbonyl (C=O) groups is 2. The lowest BCUT2D eigenvalue weighted by Gasteiger charge is -2.22. The average molecular weight is 351 g/mol. The largest absolute Gasteiger partial charge is 0.324 e. The Kier molecular flexibility index (Phi) is 4.10. The second kappa shape index (κ2) is 6.59. The number of anilines is 1. The summed E-state index contributed by atoms with van der Waals surface area (Å²) in [5.74, 6) is 5.21. The molecule has 1 atom stereocenters. The second-order valence-corrected chi connectivity index (χ2v) is 6.56. The van der Waals surface area contributed by atoms with E-state index in [-0.39, 0.29) is 11.7 Å². The Bertz CT molecular complexity index is 1090. The van der Waals surface area contributed by atoms with Crippen molar-refractivity contribution in [3.05, 3.63) is 101 Å². The molecule has 0 fully saturated rings. The van der Waals surface area contributed by atoms with Gasteiger partial charge in [-0.05, 0) is 24.5 Å². The van der Waals surface area contributed by atoms with Crippen molar-refractivity contribution < 1.29 is 9.59 Å². The van der Waals surface area contributed by atoms with Gasteiger partial charge in [0.1, 0.15) is 0 Å². The fraction of sp³-hybridized carbons (Fsp3) is 0.0833. The maximum atomic E-state index is 13.1. The molecular weight excluding hydrogens is 334 g/mol. The zero-order chi connectivity index (χ0) is 18.9. The maximum Gasteiger partial charge on any atom is 0.251 e. The summed E-state index contributed by atoms with van der Waals surface area (Å²) < 4.78 is 0. The third kappa shape index (κ3) is 2.82. The van der Waals surface area contributed by atoms with E-state index in [9.17, 15) is 9.59 Å². The van der Waals surface area contributed by atoms with Crippen LogP contribution in [0.2, 0.25) is 0 Å². The Labute approximate surface area is 158 Å². The van der Waals surface area contributed by atoms with Crippen molar-refractivity contribution >= 4 is 17.4 Å². The lowest BCUT2D eigenvalue weighted by Crippen LogP contribution is -2.34. The van der Waals surface area contributed by atoms with Crippen LogP contribution in [0.1, 0.15) is 27.0 Å². The monoisotopic (exact) mass is 351 g/mol. The lowest BCUT2D eigenvalue weighted by molar-refractivity contribution is -0.118. The van der Waals surface area contributed by atoms with Gasteiger partial charge in [0.25, 0.3) is 5.91 Å². The average Bonchev–Trinajstić information content (AvgIpc) is 2.99. The molecule has 0 saturated heterocycles. The Morgan fingerprint density at radius 2 is 1.59 bits per heavy atom. The zero-order valence-corrected chi connectivity index (χ0v) is 14.8. The summed E-state index contributed by atoms with van der Waals surface area (Å²) in [5, 5.41) is 2.92. The van der Waals surface area contributed by atoms with Gasteiger partial charge in [0.05, 0.1) is 0 Å². The fourth-order valence-electron chi connectivity index (χ4n) is 3.40. The third-order valence-corrected chi connectivity index (χ3v) is 4.77. The van der Waals surface area contributed by atoms with Crippen molar-refractivity contribution in [3.63, 3.8) is 0 Å². The number of Topliss-reactive ketones (excluding diaryl/α,β-unsaturated/α-hetero) is 1. The highest BCUT2D eigenvalue weighted by molar-refractivity contribution is 6.14. The number of fused-ring (bicyclic) bond motifs is 1. The van der Waals surface area contributed by atoms with Crippen LogP contribution < -0.4 is 5.32 Å². The molecule has 3 aromatic rings. The number of carbonyl (C=O) groups excluding carboxylic acids is 2. The Morgan fingerprint density at radius 1 is 0.926 bits per heavy atom. The fourth-order valence-corrected chi connectivity index (χ4v) is 3.40. The molecule has 0 bridgehead atoms. The van der Waals surface area contributed by atoms with E-state index < -0.39 is 5.41 Å². The highest BCUT2D eigenvalue weighted by atomic mass is 16.2. The molecule has 0 aromatic heterocycles. The van der Waals surface area contributed by atoms with Crippen molar-refractivity contribution in [2.75, 3.05) is 5.32 Å². The van der Waals surface area contributed by atoms with E-state index >= 15 is 0 Å². The topological polar surface area (TPSA) is 46.2 Å². The first kappa shape index (κ1) is 16.8. The number of nitrogens with one attached hydrogen (secondary N) is 1. The lowest BCUT2D eigenvalue weighted by atomic mass is 9.75. The highest BCUT2D eigenvalue weighted by Gasteiger charge is 2.47. The Hall–Kier alpha value is -3.64. The van der Waals surface area contributed by atoms with E-state index in [0.717, 1.165) is 22.4 Å². The van der Waals surface area contributed by atoms with E-state index in [1.54, 1.807) is 24.3 Å². The van der Waals surface area contributed by atoms with Crippen LogP contribution in [0.4, 0.5) is 5.69 Å². The number of hydrogen-bond donors (Lipinski definition) is 1. The van der Waals surface area contributed by atoms with E-state index in [4.69, 9.17) is 0 Å². The molecule has 1 aliphatic rings. The molecule has 3 heteroatoms. The smallest absolute Gasteiger partial charge is 0.251 e. The molecule has 3 aromatic carbocycles. The molecule has 0 saturated carbocycles. The predicted molar refractivity (Wildman–Crippen MR) is 106 cm³/mol. The molecule has 1 aliphatic heterocycles. The van der Waals surface area contributed by atoms with Crippen molar-refractivity contribution in [2.24, 2.45) is 0 Å². The molecule has 0 radical (unpaired) electrons. The molecule has 1 N–H and O–H groups in total. The van der Waals surface area contributed by atoms with Crippen LogP contribution >= 0.6 is 0 Å². The number of rotatable bonds is 2. The first-order valence-corrected chi connectivity index (χ1v) is 8.72. The molecule has 130 valence electrons. The molecule has 27 heavy (non-hydrogen) atoms. The van der Waals surface area contributed by atoms with Crippen LogP contribution in [0.25, 0.3) is 0 Å². The van der Waals surface area contributed by atoms with E-state index in [1.807, 2.05) is 61.5 Å². The second-order valence-electron chi connectivity index (χ2n) is 6.56. The van der Waals surface area contributed by atoms with Crippen LogP contribution in [-0.4, -0.2) is 11.7 Å². The third-order valence-electron chi connectivity index (χ3n) is 4.77. The van der Waals surface area contributed by atoms with Gasteiger partial charge in [0.15, 0.2) is 5.41 Å². The van der Waals surface area contributed by atoms with Crippen LogP contribution in [0.15, 0.2) is 78.9 Å². The van der Waals surface area contributed by atoms with Crippen molar-refractivity contribution in [2.45, 2.75) is 12.3 Å². The van der Waals surface area contributed by atoms with Crippen LogP contribution in [0.5, 0.6) is 0 Å². The number of hydrogen-bond acceptors (Lipinski definition) is 2. The van der Waals surface area contributed by atoms with E-state index in [2.05, 4.69) is 17.2 Å². The van der Waals surface area contributed by atoms with Gasteiger partial charge in [0, 0.05) is 16.8 Å². The van der Waals surface area contributed by atoms with E-state index in [1.165, 1.54) is 0 Å². The van der Waals surface area contributed by atoms with Gasteiger partial charge in [0.2, 0.25) is 5.78 Å². The normalized spacial score (nSPS) is 17.4. The number of aryl methyl sites for hydroxylation is 1. The SMILES string of the molecule is Cc1ccc2c(c1)[C@](C#CC(=O)c1ccccc1)(c1ccccc1)C(=O)N2. The summed E-state index contributed by atoms with van der Waals surface area (Å²) in [4.78, 5) is 25.6. The summed E-state index contributed by atoms with van der Waals surface area (Å²) in [5.41, 5.74) is 2.61. The number of amides is 1. The summed E-state index contributed by atoms with van der Waals surface area (Å²) in [6, 6.07) is 24.1. The van der Waals surface area contributed by atoms with Crippen LogP contribution in [0, 0.1) is 18.8 Å². The highest BCUT2D eigenvalue weighted by Crippen LogP contribution is 2.42. The first-order valence-electron chi connectivity index (χ1n) is 8.72. The predicted octanol–water partition coefficient (Wildman–Crippen LogP) is 4.12. The molecule has 0 aliphatic carbocycles.